The van der Waals surface area contributed by atoms with Gasteiger partial charge in [-0.3, -0.25) is 0 Å². The summed E-state index contributed by atoms with van der Waals surface area (Å²) in [4.78, 5) is 15.5. The number of fused-ring (bicyclic) bond motifs is 7. The molecule has 14 aromatic carbocycles. The Balaban J connectivity index is 1.02. The quantitative estimate of drug-likeness (QED) is 0.0963. The van der Waals surface area contributed by atoms with E-state index in [2.05, 4.69) is 411 Å². The molecule has 96 heavy (non-hydrogen) atoms. The fourth-order valence-corrected chi connectivity index (χ4v) is 14.0. The first-order valence-corrected chi connectivity index (χ1v) is 32.6. The van der Waals surface area contributed by atoms with Crippen LogP contribution in [0.5, 0.6) is 0 Å². The summed E-state index contributed by atoms with van der Waals surface area (Å²) >= 11 is 0. The summed E-state index contributed by atoms with van der Waals surface area (Å²) in [6.45, 7) is 0. The number of nitrogens with zero attached hydrogens (tertiary/aromatic N) is 7. The van der Waals surface area contributed by atoms with Gasteiger partial charge in [-0.2, -0.15) is 0 Å². The summed E-state index contributed by atoms with van der Waals surface area (Å²) in [5.41, 5.74) is 21.9. The van der Waals surface area contributed by atoms with Gasteiger partial charge in [0.2, 0.25) is 0 Å². The highest BCUT2D eigenvalue weighted by atomic mass is 15.2. The Morgan fingerprint density at radius 2 is 0.427 bits per heavy atom. The zero-order valence-corrected chi connectivity index (χ0v) is 52.5. The molecule has 0 aliphatic heterocycles. The first-order valence-electron chi connectivity index (χ1n) is 32.6. The van der Waals surface area contributed by atoms with Crippen molar-refractivity contribution in [1.29, 1.82) is 0 Å². The van der Waals surface area contributed by atoms with Gasteiger partial charge in [-0.15, -0.1) is 0 Å². The molecule has 0 saturated carbocycles. The van der Waals surface area contributed by atoms with Gasteiger partial charge in [-0.05, 0) is 170 Å². The van der Waals surface area contributed by atoms with Crippen LogP contribution in [0, 0.1) is 0 Å². The Morgan fingerprint density at radius 3 is 0.708 bits per heavy atom. The molecule has 0 atom stereocenters. The van der Waals surface area contributed by atoms with Crippen LogP contribution in [-0.4, -0.2) is 14.1 Å². The van der Waals surface area contributed by atoms with Gasteiger partial charge in [0.15, 0.2) is 0 Å². The highest BCUT2D eigenvalue weighted by Gasteiger charge is 2.26. The van der Waals surface area contributed by atoms with Crippen molar-refractivity contribution in [2.75, 3.05) is 19.6 Å². The third-order valence-corrected chi connectivity index (χ3v) is 18.1. The normalized spacial score (nSPS) is 11.3. The molecule has 0 amide bonds. The van der Waals surface area contributed by atoms with Gasteiger partial charge in [0.25, 0.3) is 0 Å². The Bertz CT molecular complexity index is 4980. The molecule has 7 heteroatoms. The summed E-state index contributed by atoms with van der Waals surface area (Å²) < 4.78 is 4.97. The first-order chi connectivity index (χ1) is 47.6. The highest BCUT2D eigenvalue weighted by Crippen LogP contribution is 2.48. The second-order valence-electron chi connectivity index (χ2n) is 24.0. The Kier molecular flexibility index (Phi) is 14.8. The minimum atomic E-state index is 0.785. The third-order valence-electron chi connectivity index (χ3n) is 18.1. The van der Waals surface area contributed by atoms with Crippen molar-refractivity contribution in [2.45, 2.75) is 0 Å². The fraction of sp³-hybridized carbons (Fsp3) is 0. The second kappa shape index (κ2) is 24.9. The molecule has 0 saturated heterocycles. The van der Waals surface area contributed by atoms with E-state index in [0.29, 0.717) is 0 Å². The molecule has 0 aliphatic rings. The number of para-hydroxylation sites is 11. The van der Waals surface area contributed by atoms with Gasteiger partial charge < -0.3 is 28.7 Å². The fourth-order valence-electron chi connectivity index (χ4n) is 14.0. The highest BCUT2D eigenvalue weighted by molar-refractivity contribution is 6.24. The van der Waals surface area contributed by atoms with E-state index in [9.17, 15) is 0 Å². The van der Waals surface area contributed by atoms with E-state index >= 15 is 0 Å². The summed E-state index contributed by atoms with van der Waals surface area (Å²) in [5.74, 6) is 0. The largest absolute Gasteiger partial charge is 0.310 e. The SMILES string of the molecule is c1ccc(N(c2ccccc2)c2cc(-c3cc(-n4c5ccccc5c5ccc6c7ccccc7n(-c7ccccc7)c6c54)cc(-c4cc(N(c5ccccc5)c5ccccc5)cc(N(c5ccccc5)c5ccccc5)c4)n3)cc(N(c3ccccc3)c3ccccc3)c2)cc1. The minimum Gasteiger partial charge on any atom is -0.310 e. The van der Waals surface area contributed by atoms with Crippen molar-refractivity contribution in [3.05, 3.63) is 382 Å². The average Bonchev–Trinajstić information content (AvgIpc) is 1.56. The predicted molar refractivity (Wildman–Crippen MR) is 403 cm³/mol. The first kappa shape index (κ1) is 57.0. The summed E-state index contributed by atoms with van der Waals surface area (Å²) in [5, 5.41) is 4.66. The lowest BCUT2D eigenvalue weighted by Gasteiger charge is -2.30. The van der Waals surface area contributed by atoms with Gasteiger partial charge in [0.1, 0.15) is 0 Å². The van der Waals surface area contributed by atoms with Crippen LogP contribution in [0.3, 0.4) is 0 Å². The molecule has 0 N–H and O–H groups in total. The lowest BCUT2D eigenvalue weighted by atomic mass is 10.0. The molecule has 17 aromatic rings. The van der Waals surface area contributed by atoms with Gasteiger partial charge in [-0.1, -0.05) is 212 Å². The standard InChI is InChI=1S/C89H63N7/c1-10-32-66(33-11-1)91(67-34-12-2-13-35-67)75-56-64(57-76(60-75)92(68-36-14-3-15-37-68)69-38-16-4-17-39-69)84-62-79(96-87-53-31-29-51-81(87)83-55-54-82-80-50-28-30-52-86(80)95(88(82)89(83)96)74-48-26-9-27-49-74)63-85(90-84)65-58-77(93(70-40-18-5-19-41-70)71-42-20-6-21-43-71)61-78(59-65)94(72-44-22-7-23-45-72)73-46-24-8-25-47-73/h1-63H. The Hall–Kier alpha value is -13.0. The Labute approximate surface area is 558 Å². The van der Waals surface area contributed by atoms with Crippen molar-refractivity contribution in [3.8, 4) is 33.9 Å². The van der Waals surface area contributed by atoms with Crippen LogP contribution in [-0.2, 0) is 0 Å². The number of benzene rings is 14. The molecule has 7 nitrogen and oxygen atoms in total. The number of hydrogen-bond acceptors (Lipinski definition) is 5. The molecule has 3 heterocycles. The van der Waals surface area contributed by atoms with Crippen molar-refractivity contribution in [3.63, 3.8) is 0 Å². The zero-order chi connectivity index (χ0) is 63.7. The van der Waals surface area contributed by atoms with Gasteiger partial charge in [-0.25, -0.2) is 4.98 Å². The van der Waals surface area contributed by atoms with Crippen molar-refractivity contribution >= 4 is 112 Å². The lowest BCUT2D eigenvalue weighted by Crippen LogP contribution is -2.14. The summed E-state index contributed by atoms with van der Waals surface area (Å²) in [6, 6.07) is 137. The molecule has 3 aromatic heterocycles. The smallest absolute Gasteiger partial charge is 0.0788 e. The number of aromatic nitrogens is 3. The van der Waals surface area contributed by atoms with Crippen LogP contribution in [0.2, 0.25) is 0 Å². The molecule has 0 aliphatic carbocycles. The molecular formula is C89H63N7. The van der Waals surface area contributed by atoms with E-state index in [0.717, 1.165) is 135 Å². The van der Waals surface area contributed by atoms with E-state index in [-0.39, 0.29) is 0 Å². The molecule has 0 spiro atoms. The number of hydrogen-bond donors (Lipinski definition) is 0. The molecule has 0 unspecified atom stereocenters. The zero-order valence-electron chi connectivity index (χ0n) is 52.5. The molecule has 0 bridgehead atoms. The predicted octanol–water partition coefficient (Wildman–Crippen LogP) is 24.5. The van der Waals surface area contributed by atoms with Crippen LogP contribution in [0.15, 0.2) is 382 Å². The van der Waals surface area contributed by atoms with Crippen molar-refractivity contribution in [1.82, 2.24) is 14.1 Å². The van der Waals surface area contributed by atoms with Crippen molar-refractivity contribution < 1.29 is 0 Å². The lowest BCUT2D eigenvalue weighted by molar-refractivity contribution is 1.14. The van der Waals surface area contributed by atoms with Crippen LogP contribution in [0.25, 0.3) is 77.5 Å². The van der Waals surface area contributed by atoms with Gasteiger partial charge in [0.05, 0.1) is 39.1 Å². The molecular weight excluding hydrogens is 1170 g/mol. The summed E-state index contributed by atoms with van der Waals surface area (Å²) in [6.07, 6.45) is 0. The van der Waals surface area contributed by atoms with Crippen LogP contribution < -0.4 is 19.6 Å². The van der Waals surface area contributed by atoms with E-state index in [1.807, 2.05) is 0 Å². The molecule has 454 valence electrons. The third kappa shape index (κ3) is 10.5. The molecule has 0 radical (unpaired) electrons. The van der Waals surface area contributed by atoms with E-state index < -0.39 is 0 Å². The van der Waals surface area contributed by atoms with E-state index in [4.69, 9.17) is 4.98 Å². The molecule has 17 rings (SSSR count). The minimum absolute atomic E-state index is 0.785. The topological polar surface area (TPSA) is 35.7 Å². The van der Waals surface area contributed by atoms with E-state index in [1.165, 1.54) is 10.8 Å². The Morgan fingerprint density at radius 1 is 0.188 bits per heavy atom. The molecule has 0 fully saturated rings. The number of rotatable bonds is 16. The monoisotopic (exact) mass is 1230 g/mol. The van der Waals surface area contributed by atoms with Crippen LogP contribution in [0.4, 0.5) is 68.2 Å². The van der Waals surface area contributed by atoms with Gasteiger partial charge >= 0.3 is 0 Å². The summed E-state index contributed by atoms with van der Waals surface area (Å²) in [7, 11) is 0. The number of anilines is 12. The van der Waals surface area contributed by atoms with E-state index in [1.54, 1.807) is 0 Å². The maximum absolute atomic E-state index is 6.10. The van der Waals surface area contributed by atoms with Crippen LogP contribution >= 0.6 is 0 Å². The number of pyridine rings is 1. The average molecular weight is 1230 g/mol. The maximum atomic E-state index is 6.10. The van der Waals surface area contributed by atoms with Gasteiger partial charge in [0, 0.05) is 107 Å². The van der Waals surface area contributed by atoms with Crippen LogP contribution in [0.1, 0.15) is 0 Å². The second-order valence-corrected chi connectivity index (χ2v) is 24.0. The maximum Gasteiger partial charge on any atom is 0.0788 e. The van der Waals surface area contributed by atoms with Crippen molar-refractivity contribution in [2.24, 2.45) is 0 Å².